The number of hydrogen-bond acceptors (Lipinski definition) is 7. The smallest absolute Gasteiger partial charge is 0.350 e. The van der Waals surface area contributed by atoms with Crippen molar-refractivity contribution in [3.8, 4) is 5.75 Å². The quantitative estimate of drug-likeness (QED) is 0.504. The molecule has 0 fully saturated rings. The molecule has 2 rings (SSSR count). The molecule has 0 spiro atoms. The Morgan fingerprint density at radius 3 is 3.10 bits per heavy atom. The van der Waals surface area contributed by atoms with Gasteiger partial charge in [-0.05, 0) is 31.5 Å². The summed E-state index contributed by atoms with van der Waals surface area (Å²) in [5.74, 6) is -0.203. The molecule has 0 bridgehead atoms. The zero-order chi connectivity index (χ0) is 15.2. The summed E-state index contributed by atoms with van der Waals surface area (Å²) in [5, 5.41) is 13.9. The molecule has 6 nitrogen and oxygen atoms in total. The molecule has 0 aliphatic carbocycles. The van der Waals surface area contributed by atoms with Crippen LogP contribution in [0.5, 0.6) is 5.75 Å². The Morgan fingerprint density at radius 2 is 2.38 bits per heavy atom. The molecule has 0 saturated carbocycles. The van der Waals surface area contributed by atoms with Crippen molar-refractivity contribution in [3.05, 3.63) is 40.4 Å². The molecule has 0 aliphatic heterocycles. The van der Waals surface area contributed by atoms with Gasteiger partial charge in [-0.25, -0.2) is 9.78 Å². The highest BCUT2D eigenvalue weighted by molar-refractivity contribution is 7.17. The second-order valence-corrected chi connectivity index (χ2v) is 5.12. The number of phenols is 1. The predicted molar refractivity (Wildman–Crippen MR) is 82.1 cm³/mol. The summed E-state index contributed by atoms with van der Waals surface area (Å²) in [7, 11) is 0. The number of benzene rings is 1. The number of nitrogens with zero attached hydrogens (tertiary/aromatic N) is 2. The second kappa shape index (κ2) is 6.85. The van der Waals surface area contributed by atoms with Crippen LogP contribution in [-0.2, 0) is 4.74 Å². The molecule has 0 aliphatic rings. The van der Waals surface area contributed by atoms with E-state index in [1.54, 1.807) is 38.3 Å². The number of ether oxygens (including phenoxy) is 1. The number of aromatic hydroxyl groups is 1. The monoisotopic (exact) mass is 305 g/mol. The summed E-state index contributed by atoms with van der Waals surface area (Å²) in [6, 6.07) is 6.70. The summed E-state index contributed by atoms with van der Waals surface area (Å²) in [6.45, 7) is 3.83. The summed E-state index contributed by atoms with van der Waals surface area (Å²) >= 11 is 1.19. The maximum Gasteiger partial charge on any atom is 0.350 e. The molecule has 21 heavy (non-hydrogen) atoms. The number of rotatable bonds is 5. The van der Waals surface area contributed by atoms with Crippen LogP contribution in [0.4, 0.5) is 5.13 Å². The van der Waals surface area contributed by atoms with E-state index in [1.165, 1.54) is 11.3 Å². The number of carbonyl (C=O) groups is 1. The van der Waals surface area contributed by atoms with Gasteiger partial charge in [0.05, 0.1) is 18.5 Å². The Kier molecular flexibility index (Phi) is 4.89. The van der Waals surface area contributed by atoms with Gasteiger partial charge in [-0.2, -0.15) is 5.10 Å². The molecule has 1 heterocycles. The van der Waals surface area contributed by atoms with Crippen LogP contribution in [0.1, 0.15) is 27.9 Å². The van der Waals surface area contributed by atoms with E-state index in [0.717, 1.165) is 5.56 Å². The average molecular weight is 305 g/mol. The van der Waals surface area contributed by atoms with Gasteiger partial charge in [-0.3, -0.25) is 5.43 Å². The molecule has 0 saturated heterocycles. The first-order valence-corrected chi connectivity index (χ1v) is 7.14. The fourth-order valence-electron chi connectivity index (χ4n) is 1.60. The highest BCUT2D eigenvalue weighted by atomic mass is 32.1. The minimum Gasteiger partial charge on any atom is -0.508 e. The first-order chi connectivity index (χ1) is 10.1. The van der Waals surface area contributed by atoms with E-state index in [9.17, 15) is 9.90 Å². The lowest BCUT2D eigenvalue weighted by Gasteiger charge is -1.97. The molecule has 1 aromatic carbocycles. The van der Waals surface area contributed by atoms with E-state index in [4.69, 9.17) is 4.74 Å². The first-order valence-electron chi connectivity index (χ1n) is 6.32. The van der Waals surface area contributed by atoms with Crippen molar-refractivity contribution < 1.29 is 14.6 Å². The molecule has 7 heteroatoms. The van der Waals surface area contributed by atoms with Crippen LogP contribution >= 0.6 is 11.3 Å². The maximum absolute atomic E-state index is 11.7. The maximum atomic E-state index is 11.7. The summed E-state index contributed by atoms with van der Waals surface area (Å²) in [6.07, 6.45) is 1.56. The number of thiazole rings is 1. The highest BCUT2D eigenvalue weighted by Gasteiger charge is 2.15. The number of nitrogens with one attached hydrogen (secondary N) is 1. The lowest BCUT2D eigenvalue weighted by atomic mass is 10.2. The molecular formula is C14H15N3O3S. The van der Waals surface area contributed by atoms with E-state index in [1.807, 2.05) is 6.07 Å². The van der Waals surface area contributed by atoms with Gasteiger partial charge < -0.3 is 9.84 Å². The first kappa shape index (κ1) is 15.0. The number of anilines is 1. The summed E-state index contributed by atoms with van der Waals surface area (Å²) < 4.78 is 4.95. The largest absolute Gasteiger partial charge is 0.508 e. The Morgan fingerprint density at radius 1 is 1.57 bits per heavy atom. The van der Waals surface area contributed by atoms with Crippen LogP contribution in [0.2, 0.25) is 0 Å². The molecule has 0 amide bonds. The summed E-state index contributed by atoms with van der Waals surface area (Å²) in [4.78, 5) is 16.3. The Labute approximate surface area is 126 Å². The molecule has 0 atom stereocenters. The number of hydrogen-bond donors (Lipinski definition) is 2. The van der Waals surface area contributed by atoms with Crippen LogP contribution in [0.25, 0.3) is 0 Å². The SMILES string of the molecule is CCOC(=O)c1sc(N/N=C/c2cccc(O)c2)nc1C. The molecule has 2 N–H and O–H groups in total. The van der Waals surface area contributed by atoms with Crippen molar-refractivity contribution in [1.29, 1.82) is 0 Å². The number of aryl methyl sites for hydroxylation is 1. The normalized spacial score (nSPS) is 10.8. The lowest BCUT2D eigenvalue weighted by molar-refractivity contribution is 0.0531. The topological polar surface area (TPSA) is 83.8 Å². The number of esters is 1. The van der Waals surface area contributed by atoms with Gasteiger partial charge >= 0.3 is 5.97 Å². The Bertz CT molecular complexity index is 667. The van der Waals surface area contributed by atoms with Gasteiger partial charge in [-0.15, -0.1) is 0 Å². The van der Waals surface area contributed by atoms with E-state index in [-0.39, 0.29) is 11.7 Å². The average Bonchev–Trinajstić information content (AvgIpc) is 2.80. The second-order valence-electron chi connectivity index (χ2n) is 4.12. The van der Waals surface area contributed by atoms with Crippen molar-refractivity contribution >= 4 is 28.7 Å². The van der Waals surface area contributed by atoms with Gasteiger partial charge in [0.15, 0.2) is 0 Å². The number of aromatic nitrogens is 1. The Balaban J connectivity index is 2.04. The molecular weight excluding hydrogens is 290 g/mol. The van der Waals surface area contributed by atoms with Crippen molar-refractivity contribution in [1.82, 2.24) is 4.98 Å². The van der Waals surface area contributed by atoms with Crippen molar-refractivity contribution in [2.45, 2.75) is 13.8 Å². The number of phenolic OH excluding ortho intramolecular Hbond substituents is 1. The minimum absolute atomic E-state index is 0.175. The van der Waals surface area contributed by atoms with E-state index in [0.29, 0.717) is 22.3 Å². The molecule has 0 unspecified atom stereocenters. The Hall–Kier alpha value is -2.41. The van der Waals surface area contributed by atoms with E-state index in [2.05, 4.69) is 15.5 Å². The van der Waals surface area contributed by atoms with E-state index < -0.39 is 0 Å². The zero-order valence-electron chi connectivity index (χ0n) is 11.7. The standard InChI is InChI=1S/C14H15N3O3S/c1-3-20-13(19)12-9(2)16-14(21-12)17-15-8-10-5-4-6-11(18)7-10/h4-8,18H,3H2,1-2H3,(H,16,17)/b15-8+. The predicted octanol–water partition coefficient (Wildman–Crippen LogP) is 2.78. The van der Waals surface area contributed by atoms with Crippen LogP contribution in [-0.4, -0.2) is 28.9 Å². The fourth-order valence-corrected chi connectivity index (χ4v) is 2.41. The van der Waals surface area contributed by atoms with Gasteiger partial charge in [0.1, 0.15) is 10.6 Å². The highest BCUT2D eigenvalue weighted by Crippen LogP contribution is 2.23. The third kappa shape index (κ3) is 4.03. The van der Waals surface area contributed by atoms with Crippen molar-refractivity contribution in [2.75, 3.05) is 12.0 Å². The number of carbonyl (C=O) groups excluding carboxylic acids is 1. The van der Waals surface area contributed by atoms with Gasteiger partial charge in [0, 0.05) is 0 Å². The van der Waals surface area contributed by atoms with Crippen LogP contribution in [0, 0.1) is 6.92 Å². The van der Waals surface area contributed by atoms with Gasteiger partial charge in [0.2, 0.25) is 5.13 Å². The molecule has 110 valence electrons. The molecule has 2 aromatic rings. The minimum atomic E-state index is -0.377. The third-order valence-corrected chi connectivity index (χ3v) is 3.54. The molecule has 0 radical (unpaired) electrons. The van der Waals surface area contributed by atoms with Gasteiger partial charge in [0.25, 0.3) is 0 Å². The van der Waals surface area contributed by atoms with Gasteiger partial charge in [-0.1, -0.05) is 23.5 Å². The van der Waals surface area contributed by atoms with Crippen LogP contribution in [0.3, 0.4) is 0 Å². The van der Waals surface area contributed by atoms with E-state index >= 15 is 0 Å². The number of hydrazone groups is 1. The van der Waals surface area contributed by atoms with Crippen molar-refractivity contribution in [3.63, 3.8) is 0 Å². The summed E-state index contributed by atoms with van der Waals surface area (Å²) in [5.41, 5.74) is 4.11. The lowest BCUT2D eigenvalue weighted by Crippen LogP contribution is -2.03. The third-order valence-electron chi connectivity index (χ3n) is 2.50. The van der Waals surface area contributed by atoms with Crippen LogP contribution in [0.15, 0.2) is 29.4 Å². The fraction of sp³-hybridized carbons (Fsp3) is 0.214. The van der Waals surface area contributed by atoms with Crippen LogP contribution < -0.4 is 5.43 Å². The zero-order valence-corrected chi connectivity index (χ0v) is 12.5. The molecule has 1 aromatic heterocycles. The van der Waals surface area contributed by atoms with Crippen molar-refractivity contribution in [2.24, 2.45) is 5.10 Å².